The normalized spacial score (nSPS) is 15.9. The van der Waals surface area contributed by atoms with Crippen LogP contribution in [0.3, 0.4) is 0 Å². The molecule has 4 rings (SSSR count). The second-order valence-corrected chi connectivity index (χ2v) is 6.82. The third-order valence-corrected chi connectivity index (χ3v) is 4.91. The molecule has 0 spiro atoms. The number of carbonyl (C=O) groups is 2. The average Bonchev–Trinajstić information content (AvgIpc) is 3.22. The van der Waals surface area contributed by atoms with Gasteiger partial charge in [0.2, 0.25) is 18.4 Å². The lowest BCUT2D eigenvalue weighted by Gasteiger charge is -2.27. The highest BCUT2D eigenvalue weighted by Crippen LogP contribution is 2.46. The number of carboxylic acid groups (broad SMARTS) is 1. The van der Waals surface area contributed by atoms with Crippen molar-refractivity contribution < 1.29 is 33.6 Å². The first-order valence-electron chi connectivity index (χ1n) is 9.73. The summed E-state index contributed by atoms with van der Waals surface area (Å²) in [6.45, 7) is 2.72. The molecule has 30 heavy (non-hydrogen) atoms. The third-order valence-electron chi connectivity index (χ3n) is 4.91. The number of unbranched alkanes of at least 4 members (excludes halogenated alkanes) is 1. The fourth-order valence-electron chi connectivity index (χ4n) is 3.52. The molecule has 2 aliphatic heterocycles. The summed E-state index contributed by atoms with van der Waals surface area (Å²) in [4.78, 5) is 20.7. The number of ether oxygens (including phenoxy) is 4. The van der Waals surface area contributed by atoms with Crippen LogP contribution in [0.15, 0.2) is 30.3 Å². The molecule has 8 heteroatoms. The van der Waals surface area contributed by atoms with Gasteiger partial charge in [-0.15, -0.1) is 0 Å². The predicted octanol–water partition coefficient (Wildman–Crippen LogP) is 3.78. The number of amides is 1. The Labute approximate surface area is 174 Å². The molecule has 2 aromatic rings. The zero-order valence-corrected chi connectivity index (χ0v) is 17.0. The minimum atomic E-state index is -0.250. The van der Waals surface area contributed by atoms with E-state index in [4.69, 9.17) is 28.8 Å². The van der Waals surface area contributed by atoms with E-state index in [2.05, 4.69) is 12.2 Å². The molecule has 0 radical (unpaired) electrons. The quantitative estimate of drug-likeness (QED) is 0.547. The van der Waals surface area contributed by atoms with Crippen LogP contribution in [-0.4, -0.2) is 38.0 Å². The van der Waals surface area contributed by atoms with Gasteiger partial charge in [0.15, 0.2) is 11.5 Å². The maximum absolute atomic E-state index is 12.3. The fourth-order valence-corrected chi connectivity index (χ4v) is 3.52. The van der Waals surface area contributed by atoms with Crippen molar-refractivity contribution in [2.75, 3.05) is 25.8 Å². The summed E-state index contributed by atoms with van der Waals surface area (Å²) in [5.74, 6) is 2.55. The van der Waals surface area contributed by atoms with Crippen LogP contribution < -0.4 is 24.3 Å². The summed E-state index contributed by atoms with van der Waals surface area (Å²) in [5.41, 5.74) is 2.81. The molecule has 2 aromatic carbocycles. The standard InChI is InChI=1S/C21H23NO5.CH2O2/c1-3-4-7-25-14-5-6-15-16(11-20(23)22-17(15)10-14)13-8-18(24-2)21-19(9-13)26-12-27-21;2-1-3/h5-6,8-10,16H,3-4,7,11-12H2,1-2H3,(H,22,23);1H,(H,2,3). The lowest BCUT2D eigenvalue weighted by atomic mass is 9.84. The monoisotopic (exact) mass is 415 g/mol. The van der Waals surface area contributed by atoms with Gasteiger partial charge in [-0.25, -0.2) is 0 Å². The second-order valence-electron chi connectivity index (χ2n) is 6.82. The minimum absolute atomic E-state index is 0.0187. The van der Waals surface area contributed by atoms with Gasteiger partial charge in [0.1, 0.15) is 5.75 Å². The summed E-state index contributed by atoms with van der Waals surface area (Å²) in [6.07, 6.45) is 2.45. The van der Waals surface area contributed by atoms with Crippen molar-refractivity contribution in [2.24, 2.45) is 0 Å². The molecule has 0 aliphatic carbocycles. The van der Waals surface area contributed by atoms with Crippen molar-refractivity contribution in [3.05, 3.63) is 41.5 Å². The first kappa shape index (κ1) is 21.3. The van der Waals surface area contributed by atoms with Gasteiger partial charge >= 0.3 is 0 Å². The molecule has 1 unspecified atom stereocenters. The number of fused-ring (bicyclic) bond motifs is 2. The number of hydrogen-bond acceptors (Lipinski definition) is 6. The smallest absolute Gasteiger partial charge is 0.290 e. The number of hydrogen-bond donors (Lipinski definition) is 2. The van der Waals surface area contributed by atoms with Crippen LogP contribution in [0.2, 0.25) is 0 Å². The van der Waals surface area contributed by atoms with Crippen LogP contribution in [0.4, 0.5) is 5.69 Å². The summed E-state index contributed by atoms with van der Waals surface area (Å²) < 4.78 is 22.2. The van der Waals surface area contributed by atoms with Gasteiger partial charge in [-0.1, -0.05) is 19.4 Å². The van der Waals surface area contributed by atoms with E-state index in [1.54, 1.807) is 7.11 Å². The number of nitrogens with one attached hydrogen (secondary N) is 1. The van der Waals surface area contributed by atoms with Gasteiger partial charge in [0, 0.05) is 24.1 Å². The van der Waals surface area contributed by atoms with Crippen LogP contribution in [0, 0.1) is 0 Å². The summed E-state index contributed by atoms with van der Waals surface area (Å²) in [7, 11) is 1.60. The third kappa shape index (κ3) is 4.59. The number of anilines is 1. The number of methoxy groups -OCH3 is 1. The van der Waals surface area contributed by atoms with Crippen molar-refractivity contribution in [1.82, 2.24) is 0 Å². The largest absolute Gasteiger partial charge is 0.494 e. The summed E-state index contributed by atoms with van der Waals surface area (Å²) in [6, 6.07) is 9.75. The van der Waals surface area contributed by atoms with Crippen LogP contribution in [0.25, 0.3) is 0 Å². The second kappa shape index (κ2) is 9.87. The van der Waals surface area contributed by atoms with Gasteiger partial charge < -0.3 is 29.4 Å². The van der Waals surface area contributed by atoms with E-state index < -0.39 is 0 Å². The summed E-state index contributed by atoms with van der Waals surface area (Å²) in [5, 5.41) is 9.85. The van der Waals surface area contributed by atoms with Crippen LogP contribution in [0.1, 0.15) is 43.2 Å². The van der Waals surface area contributed by atoms with Gasteiger partial charge in [-0.2, -0.15) is 0 Å². The predicted molar refractivity (Wildman–Crippen MR) is 110 cm³/mol. The molecule has 1 atom stereocenters. The van der Waals surface area contributed by atoms with Gasteiger partial charge in [-0.3, -0.25) is 9.59 Å². The highest BCUT2D eigenvalue weighted by atomic mass is 16.7. The molecule has 2 aliphatic rings. The Bertz CT molecular complexity index is 913. The average molecular weight is 415 g/mol. The number of carbonyl (C=O) groups excluding carboxylic acids is 1. The number of rotatable bonds is 6. The Morgan fingerprint density at radius 3 is 2.80 bits per heavy atom. The van der Waals surface area contributed by atoms with Crippen LogP contribution in [-0.2, 0) is 9.59 Å². The molecule has 2 heterocycles. The zero-order valence-electron chi connectivity index (χ0n) is 17.0. The van der Waals surface area contributed by atoms with Gasteiger partial charge in [-0.05, 0) is 35.7 Å². The van der Waals surface area contributed by atoms with E-state index in [1.165, 1.54) is 0 Å². The van der Waals surface area contributed by atoms with Crippen LogP contribution in [0.5, 0.6) is 23.0 Å². The topological polar surface area (TPSA) is 103 Å². The first-order chi connectivity index (χ1) is 14.6. The van der Waals surface area contributed by atoms with Crippen LogP contribution >= 0.6 is 0 Å². The van der Waals surface area contributed by atoms with E-state index in [9.17, 15) is 4.79 Å². The van der Waals surface area contributed by atoms with Crippen molar-refractivity contribution in [2.45, 2.75) is 32.1 Å². The van der Waals surface area contributed by atoms with Crippen molar-refractivity contribution >= 4 is 18.1 Å². The van der Waals surface area contributed by atoms with E-state index >= 15 is 0 Å². The molecule has 8 nitrogen and oxygen atoms in total. The molecular weight excluding hydrogens is 390 g/mol. The maximum Gasteiger partial charge on any atom is 0.290 e. The Kier molecular flexibility index (Phi) is 7.00. The van der Waals surface area contributed by atoms with E-state index in [-0.39, 0.29) is 25.1 Å². The molecule has 0 fully saturated rings. The molecule has 1 amide bonds. The Morgan fingerprint density at radius 1 is 1.27 bits per heavy atom. The van der Waals surface area contributed by atoms with E-state index in [0.717, 1.165) is 35.4 Å². The molecule has 2 N–H and O–H groups in total. The Morgan fingerprint density at radius 2 is 2.07 bits per heavy atom. The molecule has 0 saturated carbocycles. The first-order valence-corrected chi connectivity index (χ1v) is 9.73. The van der Waals surface area contributed by atoms with E-state index in [0.29, 0.717) is 30.3 Å². The SMILES string of the molecule is CCCCOc1ccc2c(c1)NC(=O)CC2c1cc(OC)c2c(c1)OCO2.O=CO. The highest BCUT2D eigenvalue weighted by Gasteiger charge is 2.30. The molecule has 160 valence electrons. The van der Waals surface area contributed by atoms with Crippen molar-refractivity contribution in [3.8, 4) is 23.0 Å². The maximum atomic E-state index is 12.3. The molecule has 0 saturated heterocycles. The minimum Gasteiger partial charge on any atom is -0.494 e. The Balaban J connectivity index is 0.000000806. The lowest BCUT2D eigenvalue weighted by molar-refractivity contribution is -0.123. The van der Waals surface area contributed by atoms with E-state index in [1.807, 2.05) is 30.3 Å². The van der Waals surface area contributed by atoms with Crippen molar-refractivity contribution in [3.63, 3.8) is 0 Å². The van der Waals surface area contributed by atoms with Gasteiger partial charge in [0.25, 0.3) is 6.47 Å². The molecule has 0 aromatic heterocycles. The Hall–Kier alpha value is -3.42. The van der Waals surface area contributed by atoms with Gasteiger partial charge in [0.05, 0.1) is 13.7 Å². The van der Waals surface area contributed by atoms with Crippen molar-refractivity contribution in [1.29, 1.82) is 0 Å². The highest BCUT2D eigenvalue weighted by molar-refractivity contribution is 5.95. The number of benzene rings is 2. The lowest BCUT2D eigenvalue weighted by Crippen LogP contribution is -2.23. The summed E-state index contributed by atoms with van der Waals surface area (Å²) >= 11 is 0. The fraction of sp³-hybridized carbons (Fsp3) is 0.364. The molecule has 0 bridgehead atoms. The zero-order chi connectivity index (χ0) is 21.5. The molecular formula is C22H25NO7.